The number of carbonyl (C=O) groups excluding carboxylic acids is 1. The Balaban J connectivity index is 1.29. The molecule has 32 heavy (non-hydrogen) atoms. The van der Waals surface area contributed by atoms with Crippen molar-refractivity contribution in [2.24, 2.45) is 0 Å². The molecule has 6 nitrogen and oxygen atoms in total. The molecule has 2 heterocycles. The van der Waals surface area contributed by atoms with Crippen LogP contribution >= 0.6 is 0 Å². The molecule has 1 aliphatic rings. The van der Waals surface area contributed by atoms with E-state index in [4.69, 9.17) is 9.15 Å². The highest BCUT2D eigenvalue weighted by atomic mass is 16.5. The molecule has 1 atom stereocenters. The minimum Gasteiger partial charge on any atom is -0.423 e. The fourth-order valence-corrected chi connectivity index (χ4v) is 4.23. The number of benzene rings is 2. The number of nitrogens with one attached hydrogen (secondary N) is 1. The van der Waals surface area contributed by atoms with Crippen LogP contribution in [0.15, 0.2) is 57.7 Å². The third-order valence-corrected chi connectivity index (χ3v) is 6.04. The summed E-state index contributed by atoms with van der Waals surface area (Å²) in [5, 5.41) is 3.88. The predicted molar refractivity (Wildman–Crippen MR) is 125 cm³/mol. The van der Waals surface area contributed by atoms with E-state index in [0.717, 1.165) is 36.1 Å². The Hall–Kier alpha value is -2.96. The van der Waals surface area contributed by atoms with Crippen LogP contribution in [-0.4, -0.2) is 43.2 Å². The second kappa shape index (κ2) is 10.1. The summed E-state index contributed by atoms with van der Waals surface area (Å²) in [6.07, 6.45) is 0.561. The molecule has 1 aliphatic heterocycles. The van der Waals surface area contributed by atoms with Gasteiger partial charge < -0.3 is 14.5 Å². The van der Waals surface area contributed by atoms with Crippen LogP contribution in [0.5, 0.6) is 0 Å². The summed E-state index contributed by atoms with van der Waals surface area (Å²) in [7, 11) is 0. The van der Waals surface area contributed by atoms with E-state index in [1.807, 2.05) is 50.2 Å². The molecule has 0 spiro atoms. The van der Waals surface area contributed by atoms with E-state index in [1.165, 1.54) is 5.56 Å². The molecule has 1 fully saturated rings. The molecule has 168 valence electrons. The molecule has 3 aromatic rings. The van der Waals surface area contributed by atoms with Gasteiger partial charge in [-0.05, 0) is 43.0 Å². The SMILES string of the molecule is Cc1ccc2c(C)c(CCC(=O)NCC3CN(Cc4ccccc4)CCO3)c(=O)oc2c1. The lowest BCUT2D eigenvalue weighted by molar-refractivity contribution is -0.122. The Kier molecular flexibility index (Phi) is 7.02. The molecule has 4 rings (SSSR count). The maximum Gasteiger partial charge on any atom is 0.339 e. The number of carbonyl (C=O) groups is 1. The number of morpholine rings is 1. The summed E-state index contributed by atoms with van der Waals surface area (Å²) in [6, 6.07) is 16.2. The average molecular weight is 435 g/mol. The van der Waals surface area contributed by atoms with Crippen molar-refractivity contribution in [3.63, 3.8) is 0 Å². The Bertz CT molecular complexity index is 1140. The third kappa shape index (κ3) is 5.44. The predicted octanol–water partition coefficient (Wildman–Crippen LogP) is 3.36. The highest BCUT2D eigenvalue weighted by Crippen LogP contribution is 2.21. The van der Waals surface area contributed by atoms with Gasteiger partial charge in [0.05, 0.1) is 12.7 Å². The molecule has 6 heteroatoms. The van der Waals surface area contributed by atoms with Gasteiger partial charge in [-0.1, -0.05) is 42.5 Å². The number of hydrogen-bond acceptors (Lipinski definition) is 5. The number of rotatable bonds is 7. The second-order valence-corrected chi connectivity index (χ2v) is 8.51. The molecule has 0 bridgehead atoms. The topological polar surface area (TPSA) is 71.8 Å². The van der Waals surface area contributed by atoms with Crippen molar-refractivity contribution >= 4 is 16.9 Å². The molecule has 1 unspecified atom stereocenters. The van der Waals surface area contributed by atoms with Gasteiger partial charge >= 0.3 is 5.63 Å². The highest BCUT2D eigenvalue weighted by molar-refractivity contribution is 5.82. The van der Waals surface area contributed by atoms with Gasteiger partial charge in [0.25, 0.3) is 0 Å². The first-order chi connectivity index (χ1) is 15.5. The van der Waals surface area contributed by atoms with E-state index in [0.29, 0.717) is 30.7 Å². The zero-order valence-corrected chi connectivity index (χ0v) is 18.7. The van der Waals surface area contributed by atoms with Gasteiger partial charge in [-0.25, -0.2) is 4.79 Å². The van der Waals surface area contributed by atoms with E-state index in [-0.39, 0.29) is 24.1 Å². The van der Waals surface area contributed by atoms with Crippen molar-refractivity contribution in [2.75, 3.05) is 26.2 Å². The standard InChI is InChI=1S/C26H30N2O4/c1-18-8-9-22-19(2)23(26(30)32-24(22)14-18)10-11-25(29)27-15-21-17-28(12-13-31-21)16-20-6-4-3-5-7-20/h3-9,14,21H,10-13,15-17H2,1-2H3,(H,27,29). The van der Waals surface area contributed by atoms with Gasteiger partial charge in [-0.3, -0.25) is 9.69 Å². The normalized spacial score (nSPS) is 16.9. The van der Waals surface area contributed by atoms with Gasteiger partial charge in [0.15, 0.2) is 0 Å². The van der Waals surface area contributed by atoms with Crippen molar-refractivity contribution in [1.29, 1.82) is 0 Å². The lowest BCUT2D eigenvalue weighted by Gasteiger charge is -2.33. The van der Waals surface area contributed by atoms with Crippen molar-refractivity contribution in [3.8, 4) is 0 Å². The van der Waals surface area contributed by atoms with Gasteiger partial charge in [-0.2, -0.15) is 0 Å². The van der Waals surface area contributed by atoms with Gasteiger partial charge in [0.2, 0.25) is 5.91 Å². The van der Waals surface area contributed by atoms with Gasteiger partial charge in [0, 0.05) is 43.5 Å². The molecule has 1 saturated heterocycles. The zero-order chi connectivity index (χ0) is 22.5. The van der Waals surface area contributed by atoms with Crippen molar-refractivity contribution in [2.45, 2.75) is 39.3 Å². The fourth-order valence-electron chi connectivity index (χ4n) is 4.23. The molecule has 0 aliphatic carbocycles. The Morgan fingerprint density at radius 1 is 1.16 bits per heavy atom. The molecule has 2 aromatic carbocycles. The number of amides is 1. The third-order valence-electron chi connectivity index (χ3n) is 6.04. The first-order valence-corrected chi connectivity index (χ1v) is 11.2. The zero-order valence-electron chi connectivity index (χ0n) is 18.7. The summed E-state index contributed by atoms with van der Waals surface area (Å²) in [6.45, 7) is 7.55. The monoisotopic (exact) mass is 434 g/mol. The van der Waals surface area contributed by atoms with E-state index < -0.39 is 0 Å². The van der Waals surface area contributed by atoms with E-state index in [9.17, 15) is 9.59 Å². The van der Waals surface area contributed by atoms with Crippen LogP contribution < -0.4 is 10.9 Å². The molecule has 0 saturated carbocycles. The van der Waals surface area contributed by atoms with E-state index in [1.54, 1.807) is 0 Å². The summed E-state index contributed by atoms with van der Waals surface area (Å²) in [4.78, 5) is 27.2. The van der Waals surface area contributed by atoms with Gasteiger partial charge in [-0.15, -0.1) is 0 Å². The number of aryl methyl sites for hydroxylation is 2. The Labute approximate surface area is 188 Å². The summed E-state index contributed by atoms with van der Waals surface area (Å²) >= 11 is 0. The maximum atomic E-state index is 12.4. The maximum absolute atomic E-state index is 12.4. The fraction of sp³-hybridized carbons (Fsp3) is 0.385. The molecule has 1 amide bonds. The Morgan fingerprint density at radius 2 is 1.97 bits per heavy atom. The minimum absolute atomic E-state index is 0.0351. The lowest BCUT2D eigenvalue weighted by Crippen LogP contribution is -2.47. The van der Waals surface area contributed by atoms with Crippen LogP contribution in [0, 0.1) is 13.8 Å². The summed E-state index contributed by atoms with van der Waals surface area (Å²) in [5.41, 5.74) is 4.00. The van der Waals surface area contributed by atoms with Crippen LogP contribution in [0.2, 0.25) is 0 Å². The molecular formula is C26H30N2O4. The molecular weight excluding hydrogens is 404 g/mol. The van der Waals surface area contributed by atoms with Crippen LogP contribution in [0.25, 0.3) is 11.0 Å². The number of nitrogens with zero attached hydrogens (tertiary/aromatic N) is 1. The first-order valence-electron chi connectivity index (χ1n) is 11.2. The van der Waals surface area contributed by atoms with Gasteiger partial charge in [0.1, 0.15) is 5.58 Å². The average Bonchev–Trinajstić information content (AvgIpc) is 2.78. The summed E-state index contributed by atoms with van der Waals surface area (Å²) < 4.78 is 11.3. The van der Waals surface area contributed by atoms with Crippen molar-refractivity contribution in [3.05, 3.63) is 81.2 Å². The lowest BCUT2D eigenvalue weighted by atomic mass is 10.0. The van der Waals surface area contributed by atoms with E-state index in [2.05, 4.69) is 22.3 Å². The smallest absolute Gasteiger partial charge is 0.339 e. The Morgan fingerprint density at radius 3 is 2.78 bits per heavy atom. The van der Waals surface area contributed by atoms with Crippen LogP contribution in [0.4, 0.5) is 0 Å². The number of fused-ring (bicyclic) bond motifs is 1. The summed E-state index contributed by atoms with van der Waals surface area (Å²) in [5.74, 6) is -0.0865. The molecule has 0 radical (unpaired) electrons. The second-order valence-electron chi connectivity index (χ2n) is 8.51. The van der Waals surface area contributed by atoms with Crippen LogP contribution in [0.1, 0.15) is 28.7 Å². The number of ether oxygens (including phenoxy) is 1. The van der Waals surface area contributed by atoms with Crippen molar-refractivity contribution in [1.82, 2.24) is 10.2 Å². The molecule has 1 N–H and O–H groups in total. The minimum atomic E-state index is -0.361. The van der Waals surface area contributed by atoms with Crippen LogP contribution in [-0.2, 0) is 22.5 Å². The first kappa shape index (κ1) is 22.2. The number of hydrogen-bond donors (Lipinski definition) is 1. The largest absolute Gasteiger partial charge is 0.423 e. The highest BCUT2D eigenvalue weighted by Gasteiger charge is 2.21. The van der Waals surface area contributed by atoms with Crippen LogP contribution in [0.3, 0.4) is 0 Å². The quantitative estimate of drug-likeness (QED) is 0.578. The van der Waals surface area contributed by atoms with E-state index >= 15 is 0 Å². The van der Waals surface area contributed by atoms with Crippen molar-refractivity contribution < 1.29 is 13.9 Å². The molecule has 1 aromatic heterocycles.